The van der Waals surface area contributed by atoms with Crippen molar-refractivity contribution in [2.24, 2.45) is 0 Å². The van der Waals surface area contributed by atoms with Crippen molar-refractivity contribution >= 4 is 21.6 Å². The van der Waals surface area contributed by atoms with Crippen LogP contribution in [0.5, 0.6) is 0 Å². The summed E-state index contributed by atoms with van der Waals surface area (Å²) in [6.07, 6.45) is 4.43. The normalized spacial score (nSPS) is 18.7. The highest BCUT2D eigenvalue weighted by Gasteiger charge is 2.36. The van der Waals surface area contributed by atoms with Crippen LogP contribution in [0, 0.1) is 17.1 Å². The lowest BCUT2D eigenvalue weighted by atomic mass is 9.94. The van der Waals surface area contributed by atoms with E-state index in [9.17, 15) is 18.1 Å². The molecule has 0 aromatic heterocycles. The molecule has 2 rings (SSSR count). The average Bonchev–Trinajstić information content (AvgIpc) is 2.67. The van der Waals surface area contributed by atoms with Crippen LogP contribution >= 0.6 is 11.6 Å². The second-order valence-corrected chi connectivity index (χ2v) is 7.35. The Morgan fingerprint density at radius 2 is 1.86 bits per heavy atom. The van der Waals surface area contributed by atoms with Crippen LogP contribution in [0.1, 0.15) is 38.5 Å². The van der Waals surface area contributed by atoms with E-state index in [4.69, 9.17) is 11.6 Å². The van der Waals surface area contributed by atoms with Gasteiger partial charge in [-0.05, 0) is 31.0 Å². The predicted molar refractivity (Wildman–Crippen MR) is 77.8 cm³/mol. The fraction of sp³-hybridized carbons (Fsp3) is 0.500. The van der Waals surface area contributed by atoms with Crippen molar-refractivity contribution in [3.05, 3.63) is 29.0 Å². The van der Waals surface area contributed by atoms with E-state index in [0.717, 1.165) is 37.8 Å². The third kappa shape index (κ3) is 3.73. The summed E-state index contributed by atoms with van der Waals surface area (Å²) in [5.41, 5.74) is -1.13. The van der Waals surface area contributed by atoms with Crippen molar-refractivity contribution in [3.8, 4) is 6.07 Å². The van der Waals surface area contributed by atoms with Gasteiger partial charge in [0.2, 0.25) is 10.0 Å². The first-order valence-corrected chi connectivity index (χ1v) is 8.65. The van der Waals surface area contributed by atoms with E-state index >= 15 is 0 Å². The largest absolute Gasteiger partial charge is 0.243 e. The molecule has 21 heavy (non-hydrogen) atoms. The first-order chi connectivity index (χ1) is 9.88. The van der Waals surface area contributed by atoms with Gasteiger partial charge in [-0.15, -0.1) is 0 Å². The minimum absolute atomic E-state index is 0.0642. The standard InChI is InChI=1S/C14H16ClFN2O2S/c15-12-6-5-11(16)9-13(12)21(19,20)18-14(10-17)7-3-1-2-4-8-14/h5-6,9,18H,1-4,7-8H2. The Labute approximate surface area is 129 Å². The summed E-state index contributed by atoms with van der Waals surface area (Å²) in [5.74, 6) is -0.688. The predicted octanol–water partition coefficient (Wildman–Crippen LogP) is 3.37. The lowest BCUT2D eigenvalue weighted by molar-refractivity contribution is 0.422. The van der Waals surface area contributed by atoms with E-state index in [1.807, 2.05) is 0 Å². The van der Waals surface area contributed by atoms with Crippen molar-refractivity contribution < 1.29 is 12.8 Å². The van der Waals surface area contributed by atoms with Gasteiger partial charge in [0.1, 0.15) is 16.3 Å². The number of nitrogens with zero attached hydrogens (tertiary/aromatic N) is 1. The summed E-state index contributed by atoms with van der Waals surface area (Å²) < 4.78 is 40.6. The molecule has 1 aromatic carbocycles. The molecule has 0 unspecified atom stereocenters. The smallest absolute Gasteiger partial charge is 0.207 e. The molecule has 1 saturated carbocycles. The molecule has 0 heterocycles. The van der Waals surface area contributed by atoms with Gasteiger partial charge in [0.05, 0.1) is 11.1 Å². The van der Waals surface area contributed by atoms with Crippen molar-refractivity contribution in [3.63, 3.8) is 0 Å². The van der Waals surface area contributed by atoms with Crippen molar-refractivity contribution in [1.29, 1.82) is 5.26 Å². The Morgan fingerprint density at radius 3 is 2.43 bits per heavy atom. The third-order valence-electron chi connectivity index (χ3n) is 3.68. The maximum Gasteiger partial charge on any atom is 0.243 e. The lowest BCUT2D eigenvalue weighted by Crippen LogP contribution is -2.46. The van der Waals surface area contributed by atoms with Gasteiger partial charge in [-0.1, -0.05) is 37.3 Å². The first-order valence-electron chi connectivity index (χ1n) is 6.79. The van der Waals surface area contributed by atoms with Gasteiger partial charge in [0, 0.05) is 0 Å². The maximum atomic E-state index is 13.3. The fourth-order valence-electron chi connectivity index (χ4n) is 2.56. The molecule has 1 aliphatic carbocycles. The number of nitriles is 1. The van der Waals surface area contributed by atoms with Crippen LogP contribution in [0.2, 0.25) is 5.02 Å². The minimum atomic E-state index is -4.04. The van der Waals surface area contributed by atoms with E-state index in [-0.39, 0.29) is 9.92 Å². The molecule has 0 atom stereocenters. The van der Waals surface area contributed by atoms with E-state index in [1.54, 1.807) is 0 Å². The van der Waals surface area contributed by atoms with E-state index < -0.39 is 21.4 Å². The highest BCUT2D eigenvalue weighted by molar-refractivity contribution is 7.89. The van der Waals surface area contributed by atoms with Crippen LogP contribution in [0.15, 0.2) is 23.1 Å². The zero-order valence-corrected chi connectivity index (χ0v) is 13.0. The number of nitrogens with one attached hydrogen (secondary N) is 1. The molecule has 0 bridgehead atoms. The Balaban J connectivity index is 2.35. The number of rotatable bonds is 3. The molecule has 4 nitrogen and oxygen atoms in total. The van der Waals surface area contributed by atoms with Crippen molar-refractivity contribution in [1.82, 2.24) is 4.72 Å². The zero-order valence-electron chi connectivity index (χ0n) is 11.4. The van der Waals surface area contributed by atoms with Crippen LogP contribution in [-0.2, 0) is 10.0 Å². The third-order valence-corrected chi connectivity index (χ3v) is 5.70. The lowest BCUT2D eigenvalue weighted by Gasteiger charge is -2.26. The van der Waals surface area contributed by atoms with E-state index in [2.05, 4.69) is 10.8 Å². The Morgan fingerprint density at radius 1 is 1.24 bits per heavy atom. The molecule has 7 heteroatoms. The summed E-state index contributed by atoms with van der Waals surface area (Å²) in [6, 6.07) is 5.24. The molecule has 0 amide bonds. The highest BCUT2D eigenvalue weighted by Crippen LogP contribution is 2.30. The SMILES string of the molecule is N#CC1(NS(=O)(=O)c2cc(F)ccc2Cl)CCCCCC1. The van der Waals surface area contributed by atoms with Crippen molar-refractivity contribution in [2.45, 2.75) is 49.0 Å². The Kier molecular flexibility index (Phi) is 4.87. The van der Waals surface area contributed by atoms with Crippen LogP contribution in [0.3, 0.4) is 0 Å². The molecule has 1 N–H and O–H groups in total. The van der Waals surface area contributed by atoms with E-state index in [1.165, 1.54) is 6.07 Å². The minimum Gasteiger partial charge on any atom is -0.207 e. The molecular formula is C14H16ClFN2O2S. The number of halogens is 2. The van der Waals surface area contributed by atoms with Gasteiger partial charge < -0.3 is 0 Å². The molecular weight excluding hydrogens is 315 g/mol. The molecule has 0 saturated heterocycles. The van der Waals surface area contributed by atoms with Crippen molar-refractivity contribution in [2.75, 3.05) is 0 Å². The maximum absolute atomic E-state index is 13.3. The summed E-state index contributed by atoms with van der Waals surface area (Å²) >= 11 is 5.85. The van der Waals surface area contributed by atoms with Crippen LogP contribution in [-0.4, -0.2) is 14.0 Å². The van der Waals surface area contributed by atoms with Gasteiger partial charge >= 0.3 is 0 Å². The van der Waals surface area contributed by atoms with Gasteiger partial charge in [-0.3, -0.25) is 0 Å². The highest BCUT2D eigenvalue weighted by atomic mass is 35.5. The van der Waals surface area contributed by atoms with E-state index in [0.29, 0.717) is 12.8 Å². The fourth-order valence-corrected chi connectivity index (χ4v) is 4.45. The van der Waals surface area contributed by atoms with Crippen LogP contribution < -0.4 is 4.72 Å². The molecule has 1 fully saturated rings. The second-order valence-electron chi connectivity index (χ2n) is 5.29. The van der Waals surface area contributed by atoms with Crippen LogP contribution in [0.25, 0.3) is 0 Å². The van der Waals surface area contributed by atoms with Gasteiger partial charge in [0.15, 0.2) is 0 Å². The second kappa shape index (κ2) is 6.30. The molecule has 1 aromatic rings. The number of hydrogen-bond donors (Lipinski definition) is 1. The summed E-state index contributed by atoms with van der Waals surface area (Å²) in [7, 11) is -4.04. The number of benzene rings is 1. The molecule has 0 radical (unpaired) electrons. The molecule has 1 aliphatic rings. The number of sulfonamides is 1. The topological polar surface area (TPSA) is 70.0 Å². The Hall–Kier alpha value is -1.16. The van der Waals surface area contributed by atoms with Crippen LogP contribution in [0.4, 0.5) is 4.39 Å². The quantitative estimate of drug-likeness (QED) is 0.864. The molecule has 0 spiro atoms. The summed E-state index contributed by atoms with van der Waals surface area (Å²) in [6.45, 7) is 0. The van der Waals surface area contributed by atoms with Gasteiger partial charge in [0.25, 0.3) is 0 Å². The first kappa shape index (κ1) is 16.2. The van der Waals surface area contributed by atoms with Gasteiger partial charge in [-0.2, -0.15) is 9.98 Å². The Bertz CT molecular complexity index is 662. The molecule has 0 aliphatic heterocycles. The number of hydrogen-bond acceptors (Lipinski definition) is 3. The summed E-state index contributed by atoms with van der Waals surface area (Å²) in [5, 5.41) is 9.35. The monoisotopic (exact) mass is 330 g/mol. The average molecular weight is 331 g/mol. The summed E-state index contributed by atoms with van der Waals surface area (Å²) in [4.78, 5) is -0.331. The van der Waals surface area contributed by atoms with Gasteiger partial charge in [-0.25, -0.2) is 12.8 Å². The molecule has 114 valence electrons. The zero-order chi connectivity index (χ0) is 15.5.